The van der Waals surface area contributed by atoms with E-state index >= 15 is 0 Å². The SMILES string of the molecule is CC[C@H]1Oc2ccc(S(=O)(=O)NC(=O)CCc3cccs3)cc2NC1=O. The Labute approximate surface area is 155 Å². The van der Waals surface area contributed by atoms with E-state index in [2.05, 4.69) is 10.0 Å². The molecule has 0 radical (unpaired) electrons. The molecule has 2 heterocycles. The number of sulfonamides is 1. The predicted octanol–water partition coefficient (Wildman–Crippen LogP) is 2.30. The van der Waals surface area contributed by atoms with Crippen LogP contribution in [0.2, 0.25) is 0 Å². The van der Waals surface area contributed by atoms with Gasteiger partial charge in [0.25, 0.3) is 15.9 Å². The van der Waals surface area contributed by atoms with Crippen molar-refractivity contribution in [3.63, 3.8) is 0 Å². The Balaban J connectivity index is 1.70. The van der Waals surface area contributed by atoms with Gasteiger partial charge in [-0.2, -0.15) is 0 Å². The van der Waals surface area contributed by atoms with Gasteiger partial charge in [0.1, 0.15) is 5.75 Å². The van der Waals surface area contributed by atoms with Crippen LogP contribution < -0.4 is 14.8 Å². The minimum atomic E-state index is -4.02. The topological polar surface area (TPSA) is 102 Å². The number of aryl methyl sites for hydroxylation is 1. The number of nitrogens with one attached hydrogen (secondary N) is 2. The van der Waals surface area contributed by atoms with Crippen molar-refractivity contribution in [3.05, 3.63) is 40.6 Å². The molecule has 0 saturated heterocycles. The molecule has 1 atom stereocenters. The van der Waals surface area contributed by atoms with Crippen LogP contribution in [-0.2, 0) is 26.0 Å². The van der Waals surface area contributed by atoms with Crippen molar-refractivity contribution in [2.45, 2.75) is 37.2 Å². The van der Waals surface area contributed by atoms with Crippen molar-refractivity contribution in [1.29, 1.82) is 0 Å². The van der Waals surface area contributed by atoms with Gasteiger partial charge >= 0.3 is 0 Å². The molecule has 9 heteroatoms. The Morgan fingerprint density at radius 1 is 1.35 bits per heavy atom. The van der Waals surface area contributed by atoms with Gasteiger partial charge in [-0.15, -0.1) is 11.3 Å². The molecule has 1 aromatic heterocycles. The number of ether oxygens (including phenoxy) is 1. The van der Waals surface area contributed by atoms with Gasteiger partial charge in [-0.25, -0.2) is 13.1 Å². The van der Waals surface area contributed by atoms with E-state index in [1.165, 1.54) is 29.5 Å². The lowest BCUT2D eigenvalue weighted by Crippen LogP contribution is -2.36. The summed E-state index contributed by atoms with van der Waals surface area (Å²) in [5, 5.41) is 4.53. The van der Waals surface area contributed by atoms with E-state index in [1.807, 2.05) is 24.4 Å². The maximum atomic E-state index is 12.4. The average Bonchev–Trinajstić information content (AvgIpc) is 3.12. The van der Waals surface area contributed by atoms with Crippen molar-refractivity contribution in [2.24, 2.45) is 0 Å². The number of amides is 2. The molecule has 0 spiro atoms. The van der Waals surface area contributed by atoms with E-state index in [0.29, 0.717) is 18.6 Å². The molecule has 1 aliphatic heterocycles. The highest BCUT2D eigenvalue weighted by Crippen LogP contribution is 2.32. The Hall–Kier alpha value is -2.39. The fourth-order valence-electron chi connectivity index (χ4n) is 2.52. The predicted molar refractivity (Wildman–Crippen MR) is 97.7 cm³/mol. The number of thiophene rings is 1. The number of benzene rings is 1. The standard InChI is InChI=1S/C17H18N2O5S2/c1-2-14-17(21)18-13-10-12(6-7-15(13)24-14)26(22,23)19-16(20)8-5-11-4-3-9-25-11/h3-4,6-7,9-10,14H,2,5,8H2,1H3,(H,18,21)(H,19,20)/t14-/m1/s1. The number of fused-ring (bicyclic) bond motifs is 1. The van der Waals surface area contributed by atoms with Crippen LogP contribution in [-0.4, -0.2) is 26.3 Å². The molecule has 2 amide bonds. The second kappa shape index (κ2) is 7.46. The van der Waals surface area contributed by atoms with Gasteiger partial charge in [0.2, 0.25) is 5.91 Å². The van der Waals surface area contributed by atoms with Gasteiger partial charge in [0.15, 0.2) is 6.10 Å². The lowest BCUT2D eigenvalue weighted by molar-refractivity contribution is -0.123. The smallest absolute Gasteiger partial charge is 0.265 e. The highest BCUT2D eigenvalue weighted by molar-refractivity contribution is 7.90. The van der Waals surface area contributed by atoms with E-state index in [9.17, 15) is 18.0 Å². The highest BCUT2D eigenvalue weighted by atomic mass is 32.2. The molecule has 7 nitrogen and oxygen atoms in total. The molecule has 26 heavy (non-hydrogen) atoms. The number of carbonyl (C=O) groups excluding carboxylic acids is 2. The maximum Gasteiger partial charge on any atom is 0.265 e. The largest absolute Gasteiger partial charge is 0.478 e. The summed E-state index contributed by atoms with van der Waals surface area (Å²) in [6.45, 7) is 1.82. The summed E-state index contributed by atoms with van der Waals surface area (Å²) in [6.07, 6.45) is 0.460. The Morgan fingerprint density at radius 2 is 2.15 bits per heavy atom. The number of carbonyl (C=O) groups is 2. The van der Waals surface area contributed by atoms with Crippen molar-refractivity contribution >= 4 is 38.9 Å². The van der Waals surface area contributed by atoms with Crippen LogP contribution in [0.4, 0.5) is 5.69 Å². The first kappa shape index (κ1) is 18.4. The molecule has 2 aromatic rings. The van der Waals surface area contributed by atoms with E-state index in [0.717, 1.165) is 4.88 Å². The van der Waals surface area contributed by atoms with E-state index in [-0.39, 0.29) is 22.9 Å². The van der Waals surface area contributed by atoms with Crippen LogP contribution in [0.25, 0.3) is 0 Å². The molecule has 138 valence electrons. The Morgan fingerprint density at radius 3 is 2.85 bits per heavy atom. The molecular weight excluding hydrogens is 376 g/mol. The normalized spacial score (nSPS) is 16.3. The van der Waals surface area contributed by atoms with Gasteiger partial charge in [0, 0.05) is 11.3 Å². The second-order valence-corrected chi connectivity index (χ2v) is 8.48. The fraction of sp³-hybridized carbons (Fsp3) is 0.294. The summed E-state index contributed by atoms with van der Waals surface area (Å²) in [5.41, 5.74) is 0.272. The molecule has 0 unspecified atom stereocenters. The van der Waals surface area contributed by atoms with Crippen LogP contribution in [0.3, 0.4) is 0 Å². The number of rotatable bonds is 6. The van der Waals surface area contributed by atoms with Crippen molar-refractivity contribution in [2.75, 3.05) is 5.32 Å². The van der Waals surface area contributed by atoms with Gasteiger partial charge < -0.3 is 10.1 Å². The third kappa shape index (κ3) is 4.05. The lowest BCUT2D eigenvalue weighted by atomic mass is 10.2. The molecule has 0 bridgehead atoms. The van der Waals surface area contributed by atoms with Crippen LogP contribution >= 0.6 is 11.3 Å². The van der Waals surface area contributed by atoms with E-state index in [4.69, 9.17) is 4.74 Å². The molecule has 1 aromatic carbocycles. The summed E-state index contributed by atoms with van der Waals surface area (Å²) in [7, 11) is -4.02. The van der Waals surface area contributed by atoms with Gasteiger partial charge in [-0.1, -0.05) is 13.0 Å². The molecule has 3 rings (SSSR count). The maximum absolute atomic E-state index is 12.4. The molecular formula is C17H18N2O5S2. The number of hydrogen-bond acceptors (Lipinski definition) is 6. The zero-order chi connectivity index (χ0) is 18.7. The summed E-state index contributed by atoms with van der Waals surface area (Å²) >= 11 is 1.51. The van der Waals surface area contributed by atoms with Crippen molar-refractivity contribution in [1.82, 2.24) is 4.72 Å². The third-order valence-corrected chi connectivity index (χ3v) is 6.19. The first-order valence-electron chi connectivity index (χ1n) is 8.08. The Bertz CT molecular complexity index is 923. The number of hydrogen-bond donors (Lipinski definition) is 2. The zero-order valence-corrected chi connectivity index (χ0v) is 15.7. The molecule has 0 fully saturated rings. The van der Waals surface area contributed by atoms with E-state index in [1.54, 1.807) is 0 Å². The summed E-state index contributed by atoms with van der Waals surface area (Å²) in [4.78, 5) is 24.7. The highest BCUT2D eigenvalue weighted by Gasteiger charge is 2.28. The van der Waals surface area contributed by atoms with Crippen LogP contribution in [0.15, 0.2) is 40.6 Å². The van der Waals surface area contributed by atoms with E-state index < -0.39 is 22.0 Å². The Kier molecular flexibility index (Phi) is 5.28. The summed E-state index contributed by atoms with van der Waals surface area (Å²) < 4.78 is 32.4. The average molecular weight is 394 g/mol. The van der Waals surface area contributed by atoms with Gasteiger partial charge in [0.05, 0.1) is 10.6 Å². The minimum Gasteiger partial charge on any atom is -0.478 e. The second-order valence-electron chi connectivity index (χ2n) is 5.77. The van der Waals surface area contributed by atoms with Gasteiger partial charge in [-0.3, -0.25) is 9.59 Å². The summed E-state index contributed by atoms with van der Waals surface area (Å²) in [6, 6.07) is 7.87. The monoisotopic (exact) mass is 394 g/mol. The number of anilines is 1. The minimum absolute atomic E-state index is 0.0721. The van der Waals surface area contributed by atoms with Crippen LogP contribution in [0.1, 0.15) is 24.6 Å². The zero-order valence-electron chi connectivity index (χ0n) is 14.0. The van der Waals surface area contributed by atoms with Crippen LogP contribution in [0.5, 0.6) is 5.75 Å². The quantitative estimate of drug-likeness (QED) is 0.783. The first-order chi connectivity index (χ1) is 12.4. The lowest BCUT2D eigenvalue weighted by Gasteiger charge is -2.25. The first-order valence-corrected chi connectivity index (χ1v) is 10.4. The fourth-order valence-corrected chi connectivity index (χ4v) is 4.27. The molecule has 2 N–H and O–H groups in total. The molecule has 0 saturated carbocycles. The van der Waals surface area contributed by atoms with Crippen LogP contribution in [0, 0.1) is 0 Å². The molecule has 0 aliphatic carbocycles. The summed E-state index contributed by atoms with van der Waals surface area (Å²) in [5.74, 6) is -0.503. The third-order valence-electron chi connectivity index (χ3n) is 3.88. The van der Waals surface area contributed by atoms with Crippen molar-refractivity contribution in [3.8, 4) is 5.75 Å². The van der Waals surface area contributed by atoms with Gasteiger partial charge in [-0.05, 0) is 42.5 Å². The molecule has 1 aliphatic rings. The van der Waals surface area contributed by atoms with Crippen molar-refractivity contribution < 1.29 is 22.7 Å².